The fourth-order valence-corrected chi connectivity index (χ4v) is 1.54. The Morgan fingerprint density at radius 3 is 3.08 bits per heavy atom. The molecule has 0 aliphatic heterocycles. The van der Waals surface area contributed by atoms with Crippen molar-refractivity contribution in [3.05, 3.63) is 23.8 Å². The second-order valence-electron chi connectivity index (χ2n) is 3.40. The molecule has 0 radical (unpaired) electrons. The van der Waals surface area contributed by atoms with E-state index in [1.165, 1.54) is 12.8 Å². The number of methoxy groups -OCH3 is 1. The van der Waals surface area contributed by atoms with Gasteiger partial charge in [-0.1, -0.05) is 30.7 Å². The summed E-state index contributed by atoms with van der Waals surface area (Å²) in [7, 11) is 1.76. The largest absolute Gasteiger partial charge is 0.385 e. The average molecular weight is 166 g/mol. The van der Waals surface area contributed by atoms with E-state index >= 15 is 0 Å². The molecule has 0 aromatic carbocycles. The maximum absolute atomic E-state index is 5.02. The third-order valence-electron chi connectivity index (χ3n) is 2.38. The van der Waals surface area contributed by atoms with Crippen LogP contribution < -0.4 is 0 Å². The van der Waals surface area contributed by atoms with Crippen molar-refractivity contribution in [2.45, 2.75) is 26.2 Å². The van der Waals surface area contributed by atoms with Gasteiger partial charge in [0.1, 0.15) is 0 Å². The van der Waals surface area contributed by atoms with Crippen LogP contribution in [0.4, 0.5) is 0 Å². The first-order valence-electron chi connectivity index (χ1n) is 4.69. The highest BCUT2D eigenvalue weighted by molar-refractivity contribution is 5.20. The minimum atomic E-state index is 0.742. The zero-order chi connectivity index (χ0) is 8.81. The van der Waals surface area contributed by atoms with Gasteiger partial charge in [0.15, 0.2) is 0 Å². The zero-order valence-electron chi connectivity index (χ0n) is 8.05. The van der Waals surface area contributed by atoms with Gasteiger partial charge in [0.25, 0.3) is 0 Å². The molecule has 1 rings (SSSR count). The van der Waals surface area contributed by atoms with Crippen LogP contribution in [0.2, 0.25) is 0 Å². The van der Waals surface area contributed by atoms with Crippen LogP contribution in [0.3, 0.4) is 0 Å². The lowest BCUT2D eigenvalue weighted by Crippen LogP contribution is -2.02. The van der Waals surface area contributed by atoms with Crippen molar-refractivity contribution in [3.63, 3.8) is 0 Å². The van der Waals surface area contributed by atoms with E-state index in [4.69, 9.17) is 4.74 Å². The maximum Gasteiger partial charge on any atom is 0.0465 e. The lowest BCUT2D eigenvalue weighted by Gasteiger charge is -2.16. The number of rotatable bonds is 4. The van der Waals surface area contributed by atoms with E-state index in [1.807, 2.05) is 0 Å². The minimum Gasteiger partial charge on any atom is -0.385 e. The maximum atomic E-state index is 5.02. The third kappa shape index (κ3) is 2.82. The molecule has 0 unspecified atom stereocenters. The van der Waals surface area contributed by atoms with Gasteiger partial charge in [-0.3, -0.25) is 0 Å². The summed E-state index contributed by atoms with van der Waals surface area (Å²) in [6, 6.07) is 0. The van der Waals surface area contributed by atoms with E-state index in [0.717, 1.165) is 18.9 Å². The lowest BCUT2D eigenvalue weighted by atomic mass is 9.90. The number of hydrogen-bond acceptors (Lipinski definition) is 1. The van der Waals surface area contributed by atoms with Crippen LogP contribution >= 0.6 is 0 Å². The fourth-order valence-electron chi connectivity index (χ4n) is 1.54. The molecule has 0 spiro atoms. The van der Waals surface area contributed by atoms with Gasteiger partial charge in [0.2, 0.25) is 0 Å². The van der Waals surface area contributed by atoms with Crippen LogP contribution in [0.5, 0.6) is 0 Å². The molecule has 1 atom stereocenters. The Morgan fingerprint density at radius 2 is 2.42 bits per heavy atom. The smallest absolute Gasteiger partial charge is 0.0465 e. The van der Waals surface area contributed by atoms with Gasteiger partial charge in [-0.2, -0.15) is 0 Å². The summed E-state index contributed by atoms with van der Waals surface area (Å²) in [6.45, 7) is 3.18. The normalized spacial score (nSPS) is 22.5. The van der Waals surface area contributed by atoms with Gasteiger partial charge in [0, 0.05) is 13.7 Å². The van der Waals surface area contributed by atoms with Gasteiger partial charge in [-0.15, -0.1) is 0 Å². The molecule has 0 saturated heterocycles. The van der Waals surface area contributed by atoms with Gasteiger partial charge in [-0.25, -0.2) is 0 Å². The number of allylic oxidation sites excluding steroid dienone is 4. The van der Waals surface area contributed by atoms with Crippen LogP contribution in [0.25, 0.3) is 0 Å². The molecule has 0 amide bonds. The highest BCUT2D eigenvalue weighted by Gasteiger charge is 2.08. The molecule has 12 heavy (non-hydrogen) atoms. The Labute approximate surface area is 75.1 Å². The van der Waals surface area contributed by atoms with Crippen LogP contribution in [0.1, 0.15) is 26.2 Å². The molecule has 0 fully saturated rings. The van der Waals surface area contributed by atoms with Gasteiger partial charge < -0.3 is 4.74 Å². The topological polar surface area (TPSA) is 9.23 Å². The Bertz CT molecular complexity index is 179. The van der Waals surface area contributed by atoms with E-state index < -0.39 is 0 Å². The van der Waals surface area contributed by atoms with Crippen molar-refractivity contribution in [1.82, 2.24) is 0 Å². The van der Waals surface area contributed by atoms with E-state index in [9.17, 15) is 0 Å². The molecule has 0 bridgehead atoms. The molecule has 0 heterocycles. The molecule has 0 saturated carbocycles. The van der Waals surface area contributed by atoms with Crippen molar-refractivity contribution < 1.29 is 4.74 Å². The molecular formula is C11H18O. The Hall–Kier alpha value is -0.560. The SMILES string of the molecule is COCCCC1=CC=CC[C@H]1C. The van der Waals surface area contributed by atoms with Gasteiger partial charge >= 0.3 is 0 Å². The Morgan fingerprint density at radius 1 is 1.58 bits per heavy atom. The highest BCUT2D eigenvalue weighted by Crippen LogP contribution is 2.23. The van der Waals surface area contributed by atoms with Crippen molar-refractivity contribution >= 4 is 0 Å². The fraction of sp³-hybridized carbons (Fsp3) is 0.636. The highest BCUT2D eigenvalue weighted by atomic mass is 16.5. The molecule has 0 N–H and O–H groups in total. The van der Waals surface area contributed by atoms with Crippen LogP contribution in [0.15, 0.2) is 23.8 Å². The minimum absolute atomic E-state index is 0.742. The lowest BCUT2D eigenvalue weighted by molar-refractivity contribution is 0.194. The standard InChI is InChI=1S/C11H18O/c1-10-6-3-4-7-11(10)8-5-9-12-2/h3-4,7,10H,5-6,8-9H2,1-2H3/t10-/m1/s1. The summed E-state index contributed by atoms with van der Waals surface area (Å²) in [4.78, 5) is 0. The molecule has 0 aromatic rings. The van der Waals surface area contributed by atoms with Crippen molar-refractivity contribution in [3.8, 4) is 0 Å². The van der Waals surface area contributed by atoms with Crippen LogP contribution in [0, 0.1) is 5.92 Å². The quantitative estimate of drug-likeness (QED) is 0.583. The Kier molecular flexibility index (Phi) is 4.09. The summed E-state index contributed by atoms with van der Waals surface area (Å²) in [5.41, 5.74) is 1.58. The summed E-state index contributed by atoms with van der Waals surface area (Å²) >= 11 is 0. The third-order valence-corrected chi connectivity index (χ3v) is 2.38. The predicted octanol–water partition coefficient (Wildman–Crippen LogP) is 2.94. The van der Waals surface area contributed by atoms with E-state index in [2.05, 4.69) is 25.2 Å². The molecule has 1 aliphatic carbocycles. The monoisotopic (exact) mass is 166 g/mol. The first kappa shape index (κ1) is 9.53. The van der Waals surface area contributed by atoms with Crippen molar-refractivity contribution in [2.75, 3.05) is 13.7 Å². The summed E-state index contributed by atoms with van der Waals surface area (Å²) in [6.07, 6.45) is 10.2. The van der Waals surface area contributed by atoms with Crippen molar-refractivity contribution in [1.29, 1.82) is 0 Å². The Balaban J connectivity index is 2.29. The first-order valence-corrected chi connectivity index (χ1v) is 4.69. The predicted molar refractivity (Wildman–Crippen MR) is 52.1 cm³/mol. The molecule has 1 heteroatoms. The van der Waals surface area contributed by atoms with E-state index in [0.29, 0.717) is 0 Å². The molecule has 68 valence electrons. The van der Waals surface area contributed by atoms with E-state index in [-0.39, 0.29) is 0 Å². The van der Waals surface area contributed by atoms with Crippen molar-refractivity contribution in [2.24, 2.45) is 5.92 Å². The second-order valence-corrected chi connectivity index (χ2v) is 3.40. The summed E-state index contributed by atoms with van der Waals surface area (Å²) in [5, 5.41) is 0. The van der Waals surface area contributed by atoms with Crippen LogP contribution in [-0.4, -0.2) is 13.7 Å². The molecule has 1 aliphatic rings. The number of hydrogen-bond donors (Lipinski definition) is 0. The summed E-state index contributed by atoms with van der Waals surface area (Å²) < 4.78 is 5.02. The second kappa shape index (κ2) is 5.15. The number of ether oxygens (including phenoxy) is 1. The zero-order valence-corrected chi connectivity index (χ0v) is 8.05. The average Bonchev–Trinajstić information content (AvgIpc) is 2.09. The van der Waals surface area contributed by atoms with Crippen LogP contribution in [-0.2, 0) is 4.74 Å². The molecule has 1 nitrogen and oxygen atoms in total. The van der Waals surface area contributed by atoms with Gasteiger partial charge in [-0.05, 0) is 25.2 Å². The van der Waals surface area contributed by atoms with E-state index in [1.54, 1.807) is 12.7 Å². The molecular weight excluding hydrogens is 148 g/mol. The molecule has 0 aromatic heterocycles. The summed E-state index contributed by atoms with van der Waals surface area (Å²) in [5.74, 6) is 0.742. The first-order chi connectivity index (χ1) is 5.84. The van der Waals surface area contributed by atoms with Gasteiger partial charge in [0.05, 0.1) is 0 Å².